The van der Waals surface area contributed by atoms with Crippen molar-refractivity contribution < 1.29 is 85.9 Å². The summed E-state index contributed by atoms with van der Waals surface area (Å²) < 4.78 is 142. The van der Waals surface area contributed by atoms with Gasteiger partial charge in [0.05, 0.1) is 51.0 Å². The molecule has 1 heterocycles. The van der Waals surface area contributed by atoms with E-state index in [1.165, 1.54) is 31.3 Å². The Morgan fingerprint density at radius 1 is 0.671 bits per heavy atom. The molecule has 6 aromatic rings. The first-order valence-electron chi connectivity index (χ1n) is 18.8. The minimum absolute atomic E-state index is 0.0323. The Morgan fingerprint density at radius 2 is 1.23 bits per heavy atom. The average Bonchev–Trinajstić information content (AvgIpc) is 3.30. The van der Waals surface area contributed by atoms with Crippen molar-refractivity contribution in [2.75, 3.05) is 41.5 Å². The molecule has 0 radical (unpaired) electrons. The second-order valence-electron chi connectivity index (χ2n) is 13.6. The lowest BCUT2D eigenvalue weighted by atomic mass is 10.1. The van der Waals surface area contributed by atoms with Crippen LogP contribution in [0.5, 0.6) is 5.75 Å². The second kappa shape index (κ2) is 23.2. The molecule has 0 aliphatic rings. The van der Waals surface area contributed by atoms with E-state index in [1.54, 1.807) is 0 Å². The number of benzene rings is 5. The fraction of sp³-hybridized carbons (Fsp3) is 0.0882. The number of nitrogen functional groups attached to an aromatic ring is 2. The van der Waals surface area contributed by atoms with Crippen molar-refractivity contribution in [3.8, 4) is 5.75 Å². The maximum atomic E-state index is 12.7. The molecule has 1 aromatic heterocycles. The van der Waals surface area contributed by atoms with Crippen LogP contribution in [-0.2, 0) is 63.1 Å². The third-order valence-electron chi connectivity index (χ3n) is 8.97. The average molecular weight is 1150 g/mol. The van der Waals surface area contributed by atoms with Gasteiger partial charge in [0, 0.05) is 18.4 Å². The Morgan fingerprint density at radius 3 is 1.82 bits per heavy atom. The van der Waals surface area contributed by atoms with Crippen LogP contribution >= 0.6 is 36.0 Å². The van der Waals surface area contributed by atoms with Crippen LogP contribution in [0.25, 0.3) is 10.8 Å². The van der Waals surface area contributed by atoms with Crippen LogP contribution in [0.4, 0.5) is 63.1 Å². The number of azo groups is 3. The van der Waals surface area contributed by atoms with E-state index in [0.29, 0.717) is 6.07 Å². The highest BCUT2D eigenvalue weighted by Gasteiger charge is 2.27. The van der Waals surface area contributed by atoms with Crippen LogP contribution in [0.2, 0.25) is 5.28 Å². The van der Waals surface area contributed by atoms with E-state index in [-0.39, 0.29) is 80.0 Å². The predicted molar refractivity (Wildman–Crippen MR) is 254 cm³/mol. The van der Waals surface area contributed by atoms with E-state index in [9.17, 15) is 52.4 Å². The Labute approximate surface area is 423 Å². The van der Waals surface area contributed by atoms with Crippen LogP contribution < -0.4 is 22.1 Å². The number of rotatable bonds is 22. The molecule has 0 fully saturated rings. The number of nitrogens with one attached hydrogen (secondary N) is 2. The smallest absolute Gasteiger partial charge is 0.296 e. The van der Waals surface area contributed by atoms with E-state index in [0.717, 1.165) is 36.4 Å². The molecule has 5 aromatic carbocycles. The maximum absolute atomic E-state index is 12.7. The van der Waals surface area contributed by atoms with Gasteiger partial charge >= 0.3 is 0 Å². The SMILES string of the molecule is C/N=N/c1c(S(=O)(=O)O)cc2cc(SOOO)c(/N=N/c3ccc(Nc4nc(Cl)nc(Nc5ccc(/N=N/c6ccc(S(=O)(=O)CCOSOOO)cc6S(=O)(=O)O)c(N)c5)n4)cc3S(=O)(=O)O)c(O)c2c1N. The first kappa shape index (κ1) is 55.9. The molecule has 73 heavy (non-hydrogen) atoms. The molecular formula is C34H30ClN13O19S6. The number of aromatic hydroxyl groups is 1. The molecule has 0 aliphatic heterocycles. The zero-order valence-corrected chi connectivity index (χ0v) is 41.4. The molecular weight excluding hydrogens is 1120 g/mol. The highest BCUT2D eigenvalue weighted by molar-refractivity contribution is 7.94. The molecule has 32 nitrogen and oxygen atoms in total. The van der Waals surface area contributed by atoms with E-state index < -0.39 is 106 Å². The van der Waals surface area contributed by atoms with Gasteiger partial charge in [-0.2, -0.15) is 50.4 Å². The normalized spacial score (nSPS) is 12.7. The minimum atomic E-state index is -5.12. The predicted octanol–water partition coefficient (Wildman–Crippen LogP) is 7.52. The van der Waals surface area contributed by atoms with E-state index in [1.807, 2.05) is 0 Å². The molecule has 0 bridgehead atoms. The lowest BCUT2D eigenvalue weighted by Crippen LogP contribution is -2.12. The summed E-state index contributed by atoms with van der Waals surface area (Å²) in [4.78, 5) is 8.78. The molecule has 388 valence electrons. The number of anilines is 6. The highest BCUT2D eigenvalue weighted by Crippen LogP contribution is 2.50. The third-order valence-corrected chi connectivity index (χ3v) is 14.4. The third kappa shape index (κ3) is 14.0. The molecule has 0 saturated carbocycles. The summed E-state index contributed by atoms with van der Waals surface area (Å²) in [6.07, 6.45) is 0. The van der Waals surface area contributed by atoms with Crippen LogP contribution in [0.15, 0.2) is 122 Å². The first-order chi connectivity index (χ1) is 34.3. The Balaban J connectivity index is 1.24. The van der Waals surface area contributed by atoms with Gasteiger partial charge in [-0.1, -0.05) is 10.1 Å². The van der Waals surface area contributed by atoms with E-state index >= 15 is 0 Å². The molecule has 0 saturated heterocycles. The Bertz CT molecular complexity index is 3680. The fourth-order valence-electron chi connectivity index (χ4n) is 5.96. The number of fused-ring (bicyclic) bond motifs is 1. The summed E-state index contributed by atoms with van der Waals surface area (Å²) in [7, 11) is -18.2. The van der Waals surface area contributed by atoms with Crippen molar-refractivity contribution in [1.82, 2.24) is 15.0 Å². The molecule has 0 atom stereocenters. The van der Waals surface area contributed by atoms with Crippen molar-refractivity contribution >= 4 is 150 Å². The van der Waals surface area contributed by atoms with Gasteiger partial charge in [-0.15, -0.1) is 29.1 Å². The molecule has 0 unspecified atom stereocenters. The monoisotopic (exact) mass is 1150 g/mol. The summed E-state index contributed by atoms with van der Waals surface area (Å²) in [6.45, 7) is -0.480. The lowest BCUT2D eigenvalue weighted by Gasteiger charge is -2.14. The second-order valence-corrected chi connectivity index (χ2v) is 21.5. The number of phenolic OH excluding ortho intramolecular Hbond substituents is 1. The zero-order valence-electron chi connectivity index (χ0n) is 35.8. The van der Waals surface area contributed by atoms with E-state index in [4.69, 9.17) is 37.8 Å². The number of nitrogens with zero attached hydrogens (tertiary/aromatic N) is 9. The summed E-state index contributed by atoms with van der Waals surface area (Å²) in [5.74, 6) is -1.99. The number of phenols is 1. The fourth-order valence-corrected chi connectivity index (χ4v) is 10.1. The van der Waals surface area contributed by atoms with Gasteiger partial charge in [-0.05, 0) is 83.7 Å². The van der Waals surface area contributed by atoms with Gasteiger partial charge in [0.15, 0.2) is 27.9 Å². The molecule has 0 amide bonds. The maximum Gasteiger partial charge on any atom is 0.296 e. The number of sulfone groups is 1. The van der Waals surface area contributed by atoms with Gasteiger partial charge in [-0.3, -0.25) is 17.8 Å². The molecule has 39 heteroatoms. The van der Waals surface area contributed by atoms with Gasteiger partial charge in [-0.25, -0.2) is 18.9 Å². The van der Waals surface area contributed by atoms with Crippen molar-refractivity contribution in [2.24, 2.45) is 30.7 Å². The van der Waals surface area contributed by atoms with Crippen LogP contribution in [0.1, 0.15) is 0 Å². The number of halogens is 1. The van der Waals surface area contributed by atoms with E-state index in [2.05, 4.69) is 75.0 Å². The number of hydrogen-bond acceptors (Lipinski definition) is 31. The standard InChI is InChI=1S/C34H30ClN13O19S6/c1-38-47-30-26(73(60,61)62)11-15-10-23(68-66-64-50)29(31(49)27(15)28(30)37)48-46-21-6-3-17(13-24(21)71(54,55)56)40-34-42-32(35)41-33(43-34)39-16-2-5-20(19(36)12-16)44-45-22-7-4-18(14-25(22)72(57,58)59)70(52,53)9-8-63-69-67-65-51/h2-7,10-14,49-51H,8-9,36-37H2,1H3,(H,54,55,56)(H,57,58,59)(H,60,61,62)(H2,39,40,41,42,43)/b45-44+,47-38+,48-46+. The highest BCUT2D eigenvalue weighted by atomic mass is 35.5. The van der Waals surface area contributed by atoms with Gasteiger partial charge in [0.1, 0.15) is 43.1 Å². The van der Waals surface area contributed by atoms with Gasteiger partial charge < -0.3 is 27.2 Å². The molecule has 0 aliphatic carbocycles. The zero-order chi connectivity index (χ0) is 53.5. The first-order valence-corrected chi connectivity index (χ1v) is 26.6. The number of nitrogens with two attached hydrogens (primary N) is 2. The number of aromatic nitrogens is 3. The summed E-state index contributed by atoms with van der Waals surface area (Å²) in [5, 5.41) is 62.5. The van der Waals surface area contributed by atoms with Crippen LogP contribution in [0, 0.1) is 0 Å². The molecule has 0 spiro atoms. The Hall–Kier alpha value is -6.44. The largest absolute Gasteiger partial charge is 0.505 e. The Kier molecular flexibility index (Phi) is 17.7. The quantitative estimate of drug-likeness (QED) is 0.00597. The number of hydrogen-bond donors (Lipinski definition) is 10. The van der Waals surface area contributed by atoms with Crippen LogP contribution in [0.3, 0.4) is 0 Å². The molecule has 6 rings (SSSR count). The van der Waals surface area contributed by atoms with Crippen molar-refractivity contribution in [3.05, 3.63) is 72.0 Å². The summed E-state index contributed by atoms with van der Waals surface area (Å²) in [5.41, 5.74) is 9.78. The lowest BCUT2D eigenvalue weighted by molar-refractivity contribution is -0.434. The van der Waals surface area contributed by atoms with Crippen molar-refractivity contribution in [3.63, 3.8) is 0 Å². The molecule has 12 N–H and O–H groups in total. The van der Waals surface area contributed by atoms with Crippen LogP contribution in [-0.4, -0.2) is 97.3 Å². The summed E-state index contributed by atoms with van der Waals surface area (Å²) in [6, 6.07) is 11.9. The topological polar surface area (TPSA) is 493 Å². The minimum Gasteiger partial charge on any atom is -0.505 e. The summed E-state index contributed by atoms with van der Waals surface area (Å²) >= 11 is 6.49. The van der Waals surface area contributed by atoms with Crippen molar-refractivity contribution in [1.29, 1.82) is 0 Å². The van der Waals surface area contributed by atoms with Gasteiger partial charge in [0.25, 0.3) is 30.4 Å². The van der Waals surface area contributed by atoms with Crippen molar-refractivity contribution in [2.45, 2.75) is 24.5 Å². The van der Waals surface area contributed by atoms with Gasteiger partial charge in [0.2, 0.25) is 17.2 Å².